The van der Waals surface area contributed by atoms with Crippen LogP contribution in [0, 0.1) is 0 Å². The number of nitrogens with two attached hydrogens (primary N) is 1. The first-order valence-corrected chi connectivity index (χ1v) is 4.88. The van der Waals surface area contributed by atoms with Gasteiger partial charge in [0.05, 0.1) is 4.70 Å². The van der Waals surface area contributed by atoms with Crippen LogP contribution in [-0.4, -0.2) is 5.21 Å². The van der Waals surface area contributed by atoms with E-state index in [1.807, 2.05) is 18.2 Å². The Morgan fingerprint density at radius 3 is 3.00 bits per heavy atom. The first-order valence-electron chi connectivity index (χ1n) is 3.27. The van der Waals surface area contributed by atoms with Crippen LogP contribution in [0.25, 0.3) is 10.2 Å². The highest BCUT2D eigenvalue weighted by molar-refractivity contribution is 9.10. The van der Waals surface area contributed by atoms with Crippen LogP contribution in [0.1, 0.15) is 0 Å². The molecule has 0 bridgehead atoms. The van der Waals surface area contributed by atoms with E-state index in [1.165, 1.54) is 11.3 Å². The predicted octanol–water partition coefficient (Wildman–Crippen LogP) is 1.77. The summed E-state index contributed by atoms with van der Waals surface area (Å²) in [5, 5.41) is 9.80. The number of fused-ring (bicyclic) bond motifs is 1. The first-order chi connectivity index (χ1) is 5.68. The third kappa shape index (κ3) is 1.05. The molecule has 0 amide bonds. The maximum atomic E-state index is 9.40. The molecule has 62 valence electrons. The number of anilines is 1. The fraction of sp³-hybridized carbons (Fsp3) is 0. The van der Waals surface area contributed by atoms with Crippen molar-refractivity contribution >= 4 is 42.6 Å². The van der Waals surface area contributed by atoms with Crippen molar-refractivity contribution in [1.82, 2.24) is 0 Å². The van der Waals surface area contributed by atoms with E-state index < -0.39 is 0 Å². The zero-order chi connectivity index (χ0) is 8.72. The van der Waals surface area contributed by atoms with Gasteiger partial charge >= 0.3 is 5.13 Å². The summed E-state index contributed by atoms with van der Waals surface area (Å²) in [6.45, 7) is 0. The van der Waals surface area contributed by atoms with Crippen LogP contribution in [-0.2, 0) is 0 Å². The van der Waals surface area contributed by atoms with Crippen LogP contribution >= 0.6 is 27.3 Å². The van der Waals surface area contributed by atoms with E-state index in [0.717, 1.165) is 19.4 Å². The van der Waals surface area contributed by atoms with E-state index in [4.69, 9.17) is 5.73 Å². The molecule has 0 aliphatic heterocycles. The molecule has 3 nitrogen and oxygen atoms in total. The monoisotopic (exact) mass is 245 g/mol. The molecule has 5 heteroatoms. The van der Waals surface area contributed by atoms with Crippen molar-refractivity contribution in [3.8, 4) is 0 Å². The second kappa shape index (κ2) is 2.60. The highest BCUT2D eigenvalue weighted by atomic mass is 79.9. The molecule has 0 unspecified atom stereocenters. The Morgan fingerprint density at radius 1 is 1.50 bits per heavy atom. The molecule has 0 atom stereocenters. The third-order valence-electron chi connectivity index (χ3n) is 1.57. The van der Waals surface area contributed by atoms with Crippen molar-refractivity contribution in [3.63, 3.8) is 0 Å². The third-order valence-corrected chi connectivity index (χ3v) is 3.01. The maximum absolute atomic E-state index is 9.40. The lowest BCUT2D eigenvalue weighted by molar-refractivity contribution is -0.870. The summed E-state index contributed by atoms with van der Waals surface area (Å²) in [7, 11) is 0. The minimum Gasteiger partial charge on any atom is -0.348 e. The molecule has 0 aliphatic carbocycles. The topological polar surface area (TPSA) is 50.1 Å². The molecule has 0 fully saturated rings. The molecular weight excluding hydrogens is 240 g/mol. The van der Waals surface area contributed by atoms with E-state index in [1.54, 1.807) is 0 Å². The Bertz CT molecular complexity index is 440. The molecule has 2 rings (SSSR count). The smallest absolute Gasteiger partial charge is 0.348 e. The molecule has 12 heavy (non-hydrogen) atoms. The van der Waals surface area contributed by atoms with Crippen molar-refractivity contribution in [3.05, 3.63) is 22.7 Å². The van der Waals surface area contributed by atoms with Gasteiger partial charge in [-0.15, -0.1) is 0 Å². The summed E-state index contributed by atoms with van der Waals surface area (Å²) < 4.78 is 2.89. The minimum absolute atomic E-state index is 0.392. The molecule has 1 aromatic carbocycles. The van der Waals surface area contributed by atoms with Gasteiger partial charge in [0.2, 0.25) is 0 Å². The number of aromatic nitrogens is 1. The summed E-state index contributed by atoms with van der Waals surface area (Å²) in [5.41, 5.74) is 6.25. The van der Waals surface area contributed by atoms with Gasteiger partial charge in [-0.1, -0.05) is 15.9 Å². The maximum Gasteiger partial charge on any atom is 0.371 e. The average Bonchev–Trinajstić information content (AvgIpc) is 2.31. The predicted molar refractivity (Wildman–Crippen MR) is 51.3 cm³/mol. The van der Waals surface area contributed by atoms with Crippen LogP contribution in [0.4, 0.5) is 5.13 Å². The number of hydrogen-bond donors (Lipinski definition) is 2. The summed E-state index contributed by atoms with van der Waals surface area (Å²) >= 11 is 4.67. The number of hydrogen-bond acceptors (Lipinski definition) is 3. The second-order valence-corrected chi connectivity index (χ2v) is 4.34. The SMILES string of the molecule is Nc1sc2ccc(Br)cc2[n+]1O. The molecule has 0 saturated heterocycles. The number of thiazole rings is 1. The van der Waals surface area contributed by atoms with Crippen molar-refractivity contribution in [1.29, 1.82) is 0 Å². The van der Waals surface area contributed by atoms with Gasteiger partial charge in [-0.2, -0.15) is 0 Å². The highest BCUT2D eigenvalue weighted by Gasteiger charge is 2.13. The zero-order valence-electron chi connectivity index (χ0n) is 5.99. The largest absolute Gasteiger partial charge is 0.371 e. The van der Waals surface area contributed by atoms with Crippen LogP contribution in [0.2, 0.25) is 0 Å². The Morgan fingerprint density at radius 2 is 2.25 bits per heavy atom. The minimum atomic E-state index is 0.392. The first kappa shape index (κ1) is 7.82. The van der Waals surface area contributed by atoms with Crippen LogP contribution in [0.3, 0.4) is 0 Å². The Balaban J connectivity index is 2.88. The van der Waals surface area contributed by atoms with Crippen molar-refractivity contribution in [2.24, 2.45) is 0 Å². The number of benzene rings is 1. The van der Waals surface area contributed by atoms with Gasteiger partial charge in [-0.3, -0.25) is 5.73 Å². The molecule has 2 aromatic rings. The van der Waals surface area contributed by atoms with E-state index in [2.05, 4.69) is 15.9 Å². The molecule has 0 radical (unpaired) electrons. The molecule has 0 aliphatic rings. The zero-order valence-corrected chi connectivity index (χ0v) is 8.39. The summed E-state index contributed by atoms with van der Waals surface area (Å²) in [4.78, 5) is 0. The quantitative estimate of drug-likeness (QED) is 0.549. The normalized spacial score (nSPS) is 10.8. The summed E-state index contributed by atoms with van der Waals surface area (Å²) in [6.07, 6.45) is 0. The standard InChI is InChI=1S/C7H5BrN2OS/c8-4-1-2-6-5(3-4)10(11)7(9)12-6/h1-3,9,11H/p+1. The van der Waals surface area contributed by atoms with Crippen molar-refractivity contribution < 1.29 is 9.94 Å². The molecule has 3 N–H and O–H groups in total. The van der Waals surface area contributed by atoms with Gasteiger partial charge in [0.1, 0.15) is 0 Å². The number of nitrogens with zero attached hydrogens (tertiary/aromatic N) is 1. The lowest BCUT2D eigenvalue weighted by Gasteiger charge is -1.88. The second-order valence-electron chi connectivity index (χ2n) is 2.36. The van der Waals surface area contributed by atoms with E-state index in [9.17, 15) is 5.21 Å². The molecular formula is C7H6BrN2OS+. The van der Waals surface area contributed by atoms with E-state index in [0.29, 0.717) is 5.13 Å². The lowest BCUT2D eigenvalue weighted by Crippen LogP contribution is -2.31. The Kier molecular flexibility index (Phi) is 1.69. The summed E-state index contributed by atoms with van der Waals surface area (Å²) in [6, 6.07) is 5.65. The van der Waals surface area contributed by atoms with Gasteiger partial charge in [-0.05, 0) is 28.2 Å². The molecule has 0 spiro atoms. The van der Waals surface area contributed by atoms with Gasteiger partial charge in [0.15, 0.2) is 5.52 Å². The van der Waals surface area contributed by atoms with Gasteiger partial charge in [0.25, 0.3) is 0 Å². The summed E-state index contributed by atoms with van der Waals surface area (Å²) in [5.74, 6) is 0. The lowest BCUT2D eigenvalue weighted by atomic mass is 10.3. The van der Waals surface area contributed by atoms with Crippen molar-refractivity contribution in [2.45, 2.75) is 0 Å². The average molecular weight is 246 g/mol. The fourth-order valence-corrected chi connectivity index (χ4v) is 2.16. The molecule has 1 heterocycles. The molecule has 0 saturated carbocycles. The Hall–Kier alpha value is -0.810. The van der Waals surface area contributed by atoms with Gasteiger partial charge < -0.3 is 5.21 Å². The molecule has 1 aromatic heterocycles. The number of halogens is 1. The fourth-order valence-electron chi connectivity index (χ4n) is 1.02. The van der Waals surface area contributed by atoms with Gasteiger partial charge in [0, 0.05) is 10.5 Å². The van der Waals surface area contributed by atoms with Crippen LogP contribution in [0.5, 0.6) is 0 Å². The van der Waals surface area contributed by atoms with E-state index >= 15 is 0 Å². The Labute approximate surface area is 81.1 Å². The van der Waals surface area contributed by atoms with Crippen LogP contribution in [0.15, 0.2) is 22.7 Å². The van der Waals surface area contributed by atoms with Crippen LogP contribution < -0.4 is 10.5 Å². The van der Waals surface area contributed by atoms with Gasteiger partial charge in [-0.25, -0.2) is 0 Å². The van der Waals surface area contributed by atoms with Crippen molar-refractivity contribution in [2.75, 3.05) is 5.73 Å². The highest BCUT2D eigenvalue weighted by Crippen LogP contribution is 2.24. The number of nitrogen functional groups attached to an aromatic ring is 1. The number of rotatable bonds is 0. The van der Waals surface area contributed by atoms with E-state index in [-0.39, 0.29) is 0 Å².